The van der Waals surface area contributed by atoms with Crippen molar-refractivity contribution < 1.29 is 0 Å². The lowest BCUT2D eigenvalue weighted by Gasteiger charge is -2.05. The van der Waals surface area contributed by atoms with Crippen molar-refractivity contribution in [1.29, 1.82) is 0 Å². The van der Waals surface area contributed by atoms with E-state index in [1.165, 1.54) is 17.1 Å². The van der Waals surface area contributed by atoms with Crippen molar-refractivity contribution >= 4 is 21.7 Å². The molecule has 17 heavy (non-hydrogen) atoms. The zero-order valence-electron chi connectivity index (χ0n) is 8.80. The third-order valence-corrected chi connectivity index (χ3v) is 2.73. The molecule has 0 unspecified atom stereocenters. The molecule has 0 saturated heterocycles. The van der Waals surface area contributed by atoms with Crippen molar-refractivity contribution in [3.05, 3.63) is 51.2 Å². The third-order valence-electron chi connectivity index (χ3n) is 2.18. The number of halogens is 1. The van der Waals surface area contributed by atoms with E-state index in [0.29, 0.717) is 16.8 Å². The number of nitrogens with one attached hydrogen (secondary N) is 1. The van der Waals surface area contributed by atoms with Crippen LogP contribution in [-0.4, -0.2) is 14.5 Å². The van der Waals surface area contributed by atoms with Gasteiger partial charge in [-0.3, -0.25) is 9.36 Å². The molecule has 0 aliphatic rings. The Balaban J connectivity index is 2.25. The van der Waals surface area contributed by atoms with Gasteiger partial charge in [0.25, 0.3) is 5.56 Å². The van der Waals surface area contributed by atoms with Crippen LogP contribution in [0.2, 0.25) is 0 Å². The second-order valence-electron chi connectivity index (χ2n) is 3.37. The molecule has 3 N–H and O–H groups in total. The Morgan fingerprint density at radius 3 is 2.88 bits per heavy atom. The molecule has 0 spiro atoms. The van der Waals surface area contributed by atoms with E-state index in [2.05, 4.69) is 31.3 Å². The minimum absolute atomic E-state index is 0.124. The molecule has 6 nitrogen and oxygen atoms in total. The fourth-order valence-corrected chi connectivity index (χ4v) is 1.68. The van der Waals surface area contributed by atoms with Crippen LogP contribution in [0.5, 0.6) is 0 Å². The Bertz CT molecular complexity index is 566. The fourth-order valence-electron chi connectivity index (χ4n) is 1.34. The lowest BCUT2D eigenvalue weighted by atomic mass is 10.3. The Morgan fingerprint density at radius 2 is 2.24 bits per heavy atom. The smallest absolute Gasteiger partial charge is 0.267 e. The summed E-state index contributed by atoms with van der Waals surface area (Å²) < 4.78 is 1.93. The second-order valence-corrected chi connectivity index (χ2v) is 4.22. The van der Waals surface area contributed by atoms with Gasteiger partial charge >= 0.3 is 0 Å². The molecule has 0 amide bonds. The van der Waals surface area contributed by atoms with Gasteiger partial charge in [0.15, 0.2) is 0 Å². The van der Waals surface area contributed by atoms with Crippen LogP contribution in [0.25, 0.3) is 0 Å². The normalized spacial score (nSPS) is 10.2. The molecule has 7 heteroatoms. The van der Waals surface area contributed by atoms with Crippen molar-refractivity contribution in [2.75, 3.05) is 5.43 Å². The van der Waals surface area contributed by atoms with Crippen molar-refractivity contribution in [2.24, 2.45) is 5.84 Å². The summed E-state index contributed by atoms with van der Waals surface area (Å²) in [6.45, 7) is 0.420. The SMILES string of the molecule is NNc1ccc(Cn2cncc(Br)c2=O)cn1. The zero-order valence-corrected chi connectivity index (χ0v) is 10.4. The number of hydrazine groups is 1. The predicted molar refractivity (Wildman–Crippen MR) is 67.3 cm³/mol. The maximum atomic E-state index is 11.7. The first-order chi connectivity index (χ1) is 8.20. The number of rotatable bonds is 3. The van der Waals surface area contributed by atoms with Gasteiger partial charge in [0.05, 0.1) is 12.9 Å². The minimum atomic E-state index is -0.124. The number of nitrogens with two attached hydrogens (primary N) is 1. The average molecular weight is 296 g/mol. The summed E-state index contributed by atoms with van der Waals surface area (Å²) in [7, 11) is 0. The van der Waals surface area contributed by atoms with E-state index in [4.69, 9.17) is 5.84 Å². The number of hydrogen-bond acceptors (Lipinski definition) is 5. The maximum Gasteiger partial charge on any atom is 0.267 e. The summed E-state index contributed by atoms with van der Waals surface area (Å²) in [4.78, 5) is 19.7. The molecule has 0 aliphatic carbocycles. The number of nitrogens with zero attached hydrogens (tertiary/aromatic N) is 3. The topological polar surface area (TPSA) is 85.8 Å². The van der Waals surface area contributed by atoms with E-state index in [1.54, 1.807) is 12.3 Å². The van der Waals surface area contributed by atoms with Crippen LogP contribution in [-0.2, 0) is 6.54 Å². The van der Waals surface area contributed by atoms with Gasteiger partial charge in [-0.25, -0.2) is 15.8 Å². The van der Waals surface area contributed by atoms with Crippen molar-refractivity contribution in [3.8, 4) is 0 Å². The molecule has 2 aromatic heterocycles. The van der Waals surface area contributed by atoms with Crippen LogP contribution in [0.4, 0.5) is 5.82 Å². The van der Waals surface area contributed by atoms with Gasteiger partial charge in [-0.05, 0) is 27.6 Å². The van der Waals surface area contributed by atoms with Gasteiger partial charge in [-0.15, -0.1) is 0 Å². The number of pyridine rings is 1. The first-order valence-electron chi connectivity index (χ1n) is 4.82. The summed E-state index contributed by atoms with van der Waals surface area (Å²) >= 11 is 3.14. The van der Waals surface area contributed by atoms with E-state index in [-0.39, 0.29) is 5.56 Å². The lowest BCUT2D eigenvalue weighted by Crippen LogP contribution is -2.21. The quantitative estimate of drug-likeness (QED) is 0.644. The number of nitrogen functional groups attached to an aromatic ring is 1. The second kappa shape index (κ2) is 5.07. The highest BCUT2D eigenvalue weighted by molar-refractivity contribution is 9.10. The molecule has 0 fully saturated rings. The fraction of sp³-hybridized carbons (Fsp3) is 0.100. The molecule has 0 atom stereocenters. The van der Waals surface area contributed by atoms with Gasteiger partial charge in [-0.2, -0.15) is 0 Å². The monoisotopic (exact) mass is 295 g/mol. The summed E-state index contributed by atoms with van der Waals surface area (Å²) in [6.07, 6.45) is 4.61. The Kier molecular flexibility index (Phi) is 3.50. The van der Waals surface area contributed by atoms with Crippen LogP contribution < -0.4 is 16.8 Å². The molecule has 2 heterocycles. The largest absolute Gasteiger partial charge is 0.308 e. The standard InChI is InChI=1S/C10H10BrN5O/c11-8-4-13-6-16(10(8)17)5-7-1-2-9(15-12)14-3-7/h1-4,6H,5,12H2,(H,14,15). The van der Waals surface area contributed by atoms with Crippen LogP contribution in [0.1, 0.15) is 5.56 Å². The van der Waals surface area contributed by atoms with E-state index in [0.717, 1.165) is 5.56 Å². The van der Waals surface area contributed by atoms with Crippen molar-refractivity contribution in [2.45, 2.75) is 6.54 Å². The average Bonchev–Trinajstić information content (AvgIpc) is 2.36. The van der Waals surface area contributed by atoms with Crippen LogP contribution in [0, 0.1) is 0 Å². The molecule has 2 rings (SSSR count). The number of anilines is 1. The highest BCUT2D eigenvalue weighted by atomic mass is 79.9. The molecular weight excluding hydrogens is 286 g/mol. The van der Waals surface area contributed by atoms with Gasteiger partial charge in [0, 0.05) is 12.4 Å². The molecule has 2 aromatic rings. The molecular formula is C10H10BrN5O. The molecule has 0 aromatic carbocycles. The molecule has 0 aliphatic heterocycles. The first-order valence-corrected chi connectivity index (χ1v) is 5.61. The third kappa shape index (κ3) is 2.69. The van der Waals surface area contributed by atoms with Crippen molar-refractivity contribution in [3.63, 3.8) is 0 Å². The summed E-state index contributed by atoms with van der Waals surface area (Å²) in [5, 5.41) is 0. The Labute approximate surface area is 106 Å². The first kappa shape index (κ1) is 11.7. The van der Waals surface area contributed by atoms with Gasteiger partial charge in [0.1, 0.15) is 10.3 Å². The van der Waals surface area contributed by atoms with Crippen LogP contribution >= 0.6 is 15.9 Å². The number of hydrogen-bond donors (Lipinski definition) is 2. The summed E-state index contributed by atoms with van der Waals surface area (Å²) in [5.41, 5.74) is 3.21. The highest BCUT2D eigenvalue weighted by Crippen LogP contribution is 2.05. The molecule has 88 valence electrons. The van der Waals surface area contributed by atoms with E-state index < -0.39 is 0 Å². The Hall–Kier alpha value is -1.73. The minimum Gasteiger partial charge on any atom is -0.308 e. The molecule has 0 bridgehead atoms. The van der Waals surface area contributed by atoms with Crippen molar-refractivity contribution in [1.82, 2.24) is 14.5 Å². The van der Waals surface area contributed by atoms with E-state index >= 15 is 0 Å². The van der Waals surface area contributed by atoms with Crippen LogP contribution in [0.15, 0.2) is 40.1 Å². The highest BCUT2D eigenvalue weighted by Gasteiger charge is 2.02. The zero-order chi connectivity index (χ0) is 12.3. The van der Waals surface area contributed by atoms with Crippen LogP contribution in [0.3, 0.4) is 0 Å². The van der Waals surface area contributed by atoms with E-state index in [9.17, 15) is 4.79 Å². The van der Waals surface area contributed by atoms with Gasteiger partial charge in [-0.1, -0.05) is 6.07 Å². The predicted octanol–water partition coefficient (Wildman–Crippen LogP) is 0.735. The maximum absolute atomic E-state index is 11.7. The summed E-state index contributed by atoms with van der Waals surface area (Å²) in [6, 6.07) is 3.58. The van der Waals surface area contributed by atoms with E-state index in [1.807, 2.05) is 6.07 Å². The number of aromatic nitrogens is 3. The lowest BCUT2D eigenvalue weighted by molar-refractivity contribution is 0.728. The molecule has 0 radical (unpaired) electrons. The Morgan fingerprint density at radius 1 is 1.41 bits per heavy atom. The van der Waals surface area contributed by atoms with Gasteiger partial charge in [0.2, 0.25) is 0 Å². The summed E-state index contributed by atoms with van der Waals surface area (Å²) in [5.74, 6) is 5.79. The molecule has 0 saturated carbocycles. The van der Waals surface area contributed by atoms with Gasteiger partial charge < -0.3 is 5.43 Å².